The highest BCUT2D eigenvalue weighted by Crippen LogP contribution is 2.47. The lowest BCUT2D eigenvalue weighted by Crippen LogP contribution is -2.40. The normalized spacial score (nSPS) is 22.9. The van der Waals surface area contributed by atoms with E-state index in [0.717, 1.165) is 0 Å². The number of anilines is 2. The zero-order valence-electron chi connectivity index (χ0n) is 15.5. The number of nitrogens with one attached hydrogen (secondary N) is 2. The van der Waals surface area contributed by atoms with Crippen molar-refractivity contribution >= 4 is 31.3 Å². The molecule has 0 radical (unpaired) electrons. The summed E-state index contributed by atoms with van der Waals surface area (Å²) in [4.78, 5) is 8.32. The van der Waals surface area contributed by atoms with E-state index in [-0.39, 0.29) is 12.1 Å². The summed E-state index contributed by atoms with van der Waals surface area (Å²) in [6.45, 7) is 3.68. The van der Waals surface area contributed by atoms with Crippen LogP contribution in [0.1, 0.15) is 39.5 Å². The minimum atomic E-state index is -3.16. The first-order valence-electron chi connectivity index (χ1n) is 8.66. The third-order valence-electron chi connectivity index (χ3n) is 5.94. The fourth-order valence-corrected chi connectivity index (χ4v) is 6.81. The number of aromatic nitrogens is 2. The molecular formula is C16H26N4O4S2. The smallest absolute Gasteiger partial charge is 0.155 e. The third kappa shape index (κ3) is 3.28. The number of hydrogen-bond donors (Lipinski definition) is 2. The zero-order chi connectivity index (χ0) is 19.4. The maximum Gasteiger partial charge on any atom is 0.155 e. The van der Waals surface area contributed by atoms with Gasteiger partial charge in [-0.3, -0.25) is 0 Å². The summed E-state index contributed by atoms with van der Waals surface area (Å²) in [5, 5.41) is 6.32. The van der Waals surface area contributed by atoms with E-state index < -0.39 is 29.2 Å². The Bertz CT molecular complexity index is 835. The second kappa shape index (κ2) is 6.05. The van der Waals surface area contributed by atoms with Crippen LogP contribution in [0, 0.1) is 0 Å². The minimum absolute atomic E-state index is 0.275. The first kappa shape index (κ1) is 19.3. The molecule has 0 bridgehead atoms. The summed E-state index contributed by atoms with van der Waals surface area (Å²) in [7, 11) is -6.31. The van der Waals surface area contributed by atoms with Gasteiger partial charge in [-0.25, -0.2) is 26.8 Å². The Labute approximate surface area is 155 Å². The van der Waals surface area contributed by atoms with Crippen molar-refractivity contribution in [1.29, 1.82) is 0 Å². The molecule has 10 heteroatoms. The summed E-state index contributed by atoms with van der Waals surface area (Å²) >= 11 is 0. The zero-order valence-corrected chi connectivity index (χ0v) is 17.1. The van der Waals surface area contributed by atoms with Crippen LogP contribution in [0.4, 0.5) is 11.6 Å². The third-order valence-corrected chi connectivity index (χ3v) is 10.4. The van der Waals surface area contributed by atoms with E-state index in [9.17, 15) is 16.8 Å². The Morgan fingerprint density at radius 2 is 1.19 bits per heavy atom. The van der Waals surface area contributed by atoms with Crippen molar-refractivity contribution in [1.82, 2.24) is 9.97 Å². The average molecular weight is 403 g/mol. The van der Waals surface area contributed by atoms with Gasteiger partial charge in [-0.15, -0.1) is 0 Å². The molecule has 2 saturated carbocycles. The van der Waals surface area contributed by atoms with Gasteiger partial charge in [0.15, 0.2) is 19.7 Å². The summed E-state index contributed by atoms with van der Waals surface area (Å²) in [5.74, 6) is 1.03. The van der Waals surface area contributed by atoms with E-state index in [4.69, 9.17) is 0 Å². The second-order valence-electron chi connectivity index (χ2n) is 7.69. The van der Waals surface area contributed by atoms with Gasteiger partial charge in [0.2, 0.25) is 0 Å². The maximum absolute atomic E-state index is 12.0. The van der Waals surface area contributed by atoms with Gasteiger partial charge in [0.1, 0.15) is 18.0 Å². The largest absolute Gasteiger partial charge is 0.366 e. The molecule has 1 aromatic heterocycles. The van der Waals surface area contributed by atoms with E-state index in [1.54, 1.807) is 6.07 Å². The van der Waals surface area contributed by atoms with Crippen LogP contribution >= 0.6 is 0 Å². The van der Waals surface area contributed by atoms with Crippen molar-refractivity contribution in [3.05, 3.63) is 12.4 Å². The first-order valence-corrected chi connectivity index (χ1v) is 12.4. The first-order chi connectivity index (χ1) is 11.9. The lowest BCUT2D eigenvalue weighted by atomic mass is 10.2. The Balaban J connectivity index is 1.72. The lowest BCUT2D eigenvalue weighted by Gasteiger charge is -2.25. The van der Waals surface area contributed by atoms with Gasteiger partial charge in [-0.2, -0.15) is 0 Å². The number of hydrogen-bond acceptors (Lipinski definition) is 8. The van der Waals surface area contributed by atoms with Gasteiger partial charge in [0.25, 0.3) is 0 Å². The molecular weight excluding hydrogens is 376 g/mol. The monoisotopic (exact) mass is 402 g/mol. The van der Waals surface area contributed by atoms with Crippen molar-refractivity contribution in [3.8, 4) is 0 Å². The van der Waals surface area contributed by atoms with Crippen molar-refractivity contribution in [2.45, 2.75) is 61.1 Å². The van der Waals surface area contributed by atoms with E-state index in [1.807, 2.05) is 13.8 Å². The second-order valence-corrected chi connectivity index (χ2v) is 12.4. The number of sulfone groups is 2. The van der Waals surface area contributed by atoms with E-state index in [1.165, 1.54) is 18.8 Å². The molecule has 3 rings (SSSR count). The maximum atomic E-state index is 12.0. The Kier molecular flexibility index (Phi) is 4.50. The number of nitrogens with zero attached hydrogens (tertiary/aromatic N) is 2. The van der Waals surface area contributed by atoms with Gasteiger partial charge in [0, 0.05) is 30.7 Å². The van der Waals surface area contributed by atoms with Crippen molar-refractivity contribution in [2.75, 3.05) is 23.1 Å². The van der Waals surface area contributed by atoms with E-state index in [0.29, 0.717) is 37.3 Å². The highest BCUT2D eigenvalue weighted by atomic mass is 32.2. The van der Waals surface area contributed by atoms with Gasteiger partial charge in [-0.1, -0.05) is 0 Å². The molecule has 0 aromatic carbocycles. The predicted molar refractivity (Wildman–Crippen MR) is 102 cm³/mol. The van der Waals surface area contributed by atoms with Crippen LogP contribution in [0.15, 0.2) is 12.4 Å². The highest BCUT2D eigenvalue weighted by molar-refractivity contribution is 7.92. The van der Waals surface area contributed by atoms with Gasteiger partial charge < -0.3 is 10.6 Å². The molecule has 2 N–H and O–H groups in total. The van der Waals surface area contributed by atoms with Crippen LogP contribution in [-0.4, -0.2) is 60.9 Å². The molecule has 2 fully saturated rings. The average Bonchev–Trinajstić information content (AvgIpc) is 3.36. The van der Waals surface area contributed by atoms with Crippen LogP contribution in [0.2, 0.25) is 0 Å². The molecule has 8 nitrogen and oxygen atoms in total. The molecule has 0 amide bonds. The molecule has 2 aliphatic rings. The predicted octanol–water partition coefficient (Wildman–Crippen LogP) is 1.23. The molecule has 1 aromatic rings. The van der Waals surface area contributed by atoms with Crippen LogP contribution in [0.3, 0.4) is 0 Å². The van der Waals surface area contributed by atoms with E-state index in [2.05, 4.69) is 20.6 Å². The molecule has 1 heterocycles. The van der Waals surface area contributed by atoms with Crippen LogP contribution in [0.5, 0.6) is 0 Å². The molecule has 2 aliphatic carbocycles. The Hall–Kier alpha value is -1.42. The summed E-state index contributed by atoms with van der Waals surface area (Å²) in [6.07, 6.45) is 6.49. The molecule has 2 atom stereocenters. The Morgan fingerprint density at radius 3 is 1.46 bits per heavy atom. The number of rotatable bonds is 8. The minimum Gasteiger partial charge on any atom is -0.366 e. The summed E-state index contributed by atoms with van der Waals surface area (Å²) < 4.78 is 46.7. The lowest BCUT2D eigenvalue weighted by molar-refractivity contribution is 0.567. The van der Waals surface area contributed by atoms with Gasteiger partial charge in [0.05, 0.1) is 9.49 Å². The standard InChI is InChI=1S/C16H26N4O4S2/c1-11(15(5-6-15)25(3,21)22)19-13-9-14(18-10-17-13)20-12(2)16(7-8-16)26(4,23)24/h9-12H,5-8H2,1-4H3,(H2,17,18,19,20)/t11-,12+. The molecule has 26 heavy (non-hydrogen) atoms. The summed E-state index contributed by atoms with van der Waals surface area (Å²) in [6, 6.07) is 1.14. The quantitative estimate of drug-likeness (QED) is 0.667. The van der Waals surface area contributed by atoms with Gasteiger partial charge in [-0.05, 0) is 39.5 Å². The SMILES string of the molecule is C[C@H](Nc1cc(N[C@H](C)C2(S(C)(=O)=O)CC2)ncn1)C1(S(C)(=O)=O)CC1. The van der Waals surface area contributed by atoms with Gasteiger partial charge >= 0.3 is 0 Å². The van der Waals surface area contributed by atoms with Crippen LogP contribution < -0.4 is 10.6 Å². The Morgan fingerprint density at radius 1 is 0.846 bits per heavy atom. The molecule has 146 valence electrons. The van der Waals surface area contributed by atoms with E-state index >= 15 is 0 Å². The van der Waals surface area contributed by atoms with Crippen LogP contribution in [-0.2, 0) is 19.7 Å². The molecule has 0 unspecified atom stereocenters. The fourth-order valence-electron chi connectivity index (χ4n) is 3.72. The molecule has 0 aliphatic heterocycles. The fraction of sp³-hybridized carbons (Fsp3) is 0.750. The van der Waals surface area contributed by atoms with Crippen LogP contribution in [0.25, 0.3) is 0 Å². The molecule has 0 spiro atoms. The topological polar surface area (TPSA) is 118 Å². The van der Waals surface area contributed by atoms with Crippen molar-refractivity contribution < 1.29 is 16.8 Å². The van der Waals surface area contributed by atoms with Crippen molar-refractivity contribution in [3.63, 3.8) is 0 Å². The van der Waals surface area contributed by atoms with Crippen molar-refractivity contribution in [2.24, 2.45) is 0 Å². The highest BCUT2D eigenvalue weighted by Gasteiger charge is 2.57. The molecule has 0 saturated heterocycles. The summed E-state index contributed by atoms with van der Waals surface area (Å²) in [5.41, 5.74) is 0.